The minimum Gasteiger partial charge on any atom is -0.438 e. The molecule has 13 heteroatoms. The van der Waals surface area contributed by atoms with Crippen molar-refractivity contribution in [2.24, 2.45) is 0 Å². The van der Waals surface area contributed by atoms with E-state index in [4.69, 9.17) is 4.74 Å². The number of alkyl halides is 2. The zero-order valence-electron chi connectivity index (χ0n) is 17.6. The summed E-state index contributed by atoms with van der Waals surface area (Å²) in [6.07, 6.45) is 0.458. The van der Waals surface area contributed by atoms with Crippen LogP contribution >= 0.6 is 0 Å². The monoisotopic (exact) mass is 451 g/mol. The first-order valence-electron chi connectivity index (χ1n) is 9.73. The first-order valence-corrected chi connectivity index (χ1v) is 9.73. The maximum Gasteiger partial charge on any atom is 0.407 e. The Balaban J connectivity index is 1.93. The van der Waals surface area contributed by atoms with Gasteiger partial charge in [-0.1, -0.05) is 0 Å². The Bertz CT molecular complexity index is 1050. The van der Waals surface area contributed by atoms with Gasteiger partial charge in [-0.15, -0.1) is 0 Å². The second-order valence-electron chi connectivity index (χ2n) is 7.38. The van der Waals surface area contributed by atoms with E-state index >= 15 is 0 Å². The molecule has 1 fully saturated rings. The Morgan fingerprint density at radius 2 is 2.12 bits per heavy atom. The molecule has 0 bridgehead atoms. The minimum atomic E-state index is -3.32. The molecule has 1 aliphatic heterocycles. The van der Waals surface area contributed by atoms with Crippen molar-refractivity contribution in [1.29, 1.82) is 0 Å². The van der Waals surface area contributed by atoms with Crippen LogP contribution in [0.15, 0.2) is 24.5 Å². The Hall–Kier alpha value is -3.77. The Kier molecular flexibility index (Phi) is 6.55. The summed E-state index contributed by atoms with van der Waals surface area (Å²) in [4.78, 5) is 40.4. The molecule has 3 heterocycles. The van der Waals surface area contributed by atoms with E-state index in [1.165, 1.54) is 28.7 Å². The Morgan fingerprint density at radius 3 is 2.78 bits per heavy atom. The fourth-order valence-electron chi connectivity index (χ4n) is 3.11. The van der Waals surface area contributed by atoms with E-state index in [-0.39, 0.29) is 29.7 Å². The number of allylic oxidation sites excluding steroid dienone is 1. The van der Waals surface area contributed by atoms with Gasteiger partial charge in [0.05, 0.1) is 30.6 Å². The highest BCUT2D eigenvalue weighted by molar-refractivity contribution is 6.06. The third kappa shape index (κ3) is 4.92. The number of rotatable bonds is 6. The molecule has 0 spiro atoms. The summed E-state index contributed by atoms with van der Waals surface area (Å²) in [5, 5.41) is 11.2. The van der Waals surface area contributed by atoms with Crippen LogP contribution in [0, 0.1) is 0 Å². The van der Waals surface area contributed by atoms with Gasteiger partial charge in [-0.2, -0.15) is 9.61 Å². The van der Waals surface area contributed by atoms with Gasteiger partial charge in [-0.3, -0.25) is 4.79 Å². The second kappa shape index (κ2) is 9.16. The number of nitrogens with zero attached hydrogens (tertiary/aromatic N) is 4. The van der Waals surface area contributed by atoms with E-state index in [1.807, 2.05) is 0 Å². The van der Waals surface area contributed by atoms with E-state index in [0.717, 1.165) is 6.20 Å². The number of alkyl carbamates (subject to hydrolysis) is 1. The fraction of sp³-hybridized carbons (Fsp3) is 0.421. The lowest BCUT2D eigenvalue weighted by molar-refractivity contribution is -0.103. The van der Waals surface area contributed by atoms with Crippen LogP contribution in [0.4, 0.5) is 24.2 Å². The van der Waals surface area contributed by atoms with E-state index in [1.54, 1.807) is 19.9 Å². The molecule has 32 heavy (non-hydrogen) atoms. The molecule has 1 saturated heterocycles. The zero-order chi connectivity index (χ0) is 23.5. The third-order valence-electron chi connectivity index (χ3n) is 4.59. The average Bonchev–Trinajstić information content (AvgIpc) is 3.31. The first kappa shape index (κ1) is 22.9. The minimum absolute atomic E-state index is 0.0219. The lowest BCUT2D eigenvalue weighted by Crippen LogP contribution is -2.40. The average molecular weight is 451 g/mol. The van der Waals surface area contributed by atoms with Crippen LogP contribution in [0.25, 0.3) is 11.2 Å². The van der Waals surface area contributed by atoms with Gasteiger partial charge in [0.1, 0.15) is 5.82 Å². The predicted molar refractivity (Wildman–Crippen MR) is 110 cm³/mol. The molecule has 0 aliphatic carbocycles. The highest BCUT2D eigenvalue weighted by Crippen LogP contribution is 2.34. The van der Waals surface area contributed by atoms with Crippen LogP contribution in [-0.4, -0.2) is 71.2 Å². The largest absolute Gasteiger partial charge is 0.438 e. The van der Waals surface area contributed by atoms with Crippen LogP contribution in [-0.2, 0) is 9.53 Å². The second-order valence-corrected chi connectivity index (χ2v) is 7.38. The van der Waals surface area contributed by atoms with Crippen molar-refractivity contribution >= 4 is 35.4 Å². The van der Waals surface area contributed by atoms with Crippen molar-refractivity contribution in [3.8, 4) is 0 Å². The molecular weight excluding hydrogens is 428 g/mol. The molecule has 3 rings (SSSR count). The number of hydrogen-bond acceptors (Lipinski definition) is 7. The number of hydrogen-bond donors (Lipinski definition) is 3. The highest BCUT2D eigenvalue weighted by atomic mass is 19.3. The Labute approximate surface area is 181 Å². The summed E-state index contributed by atoms with van der Waals surface area (Å²) >= 11 is 0. The fourth-order valence-corrected chi connectivity index (χ4v) is 3.11. The molecule has 172 valence electrons. The lowest BCUT2D eigenvalue weighted by Gasteiger charge is -2.19. The number of urea groups is 1. The maximum atomic E-state index is 14.6. The van der Waals surface area contributed by atoms with E-state index in [9.17, 15) is 23.2 Å². The molecule has 3 amide bonds. The number of carbonyl (C=O) groups is 3. The van der Waals surface area contributed by atoms with Gasteiger partial charge < -0.3 is 25.6 Å². The molecule has 1 aliphatic rings. The normalized spacial score (nSPS) is 18.0. The molecule has 1 atom stereocenters. The number of anilines is 1. The number of halogens is 2. The number of amides is 3. The molecule has 0 radical (unpaired) electrons. The van der Waals surface area contributed by atoms with Gasteiger partial charge in [0.25, 0.3) is 0 Å². The van der Waals surface area contributed by atoms with Crippen LogP contribution in [0.2, 0.25) is 0 Å². The predicted octanol–water partition coefficient (Wildman–Crippen LogP) is 1.16. The summed E-state index contributed by atoms with van der Waals surface area (Å²) in [6.45, 7) is 2.34. The van der Waals surface area contributed by atoms with Crippen molar-refractivity contribution in [2.75, 3.05) is 25.0 Å². The molecule has 11 nitrogen and oxygen atoms in total. The molecule has 2 aromatic heterocycles. The zero-order valence-corrected chi connectivity index (χ0v) is 17.6. The van der Waals surface area contributed by atoms with Gasteiger partial charge in [-0.05, 0) is 13.8 Å². The smallest absolute Gasteiger partial charge is 0.407 e. The topological polar surface area (TPSA) is 130 Å². The molecule has 0 saturated carbocycles. The highest BCUT2D eigenvalue weighted by Gasteiger charge is 2.51. The van der Waals surface area contributed by atoms with Crippen molar-refractivity contribution in [3.63, 3.8) is 0 Å². The standard InChI is InChI=1S/C19H23F2N7O4/c1-11(2)25-18(31)32-14-8-27(10-19(14,20)21)16-6-13(26-15-4-5-24-28(15)16)12(9-29)7-23-17(30)22-3/h4-7,9,11,14H,8,10H2,1-3H3,(H,25,31)(H2,22,23,30)/b12-7+/t14-/m0/s1. The van der Waals surface area contributed by atoms with Gasteiger partial charge in [0, 0.05) is 31.4 Å². The van der Waals surface area contributed by atoms with Gasteiger partial charge in [0.15, 0.2) is 18.0 Å². The molecule has 0 unspecified atom stereocenters. The van der Waals surface area contributed by atoms with E-state index in [2.05, 4.69) is 26.0 Å². The SMILES string of the molecule is CNC(=O)N/C=C(\C=O)c1cc(N2C[C@H](OC(=O)NC(C)C)C(F)(F)C2)n2nccc2n1. The van der Waals surface area contributed by atoms with Gasteiger partial charge in [0.2, 0.25) is 0 Å². The maximum absolute atomic E-state index is 14.6. The van der Waals surface area contributed by atoms with Gasteiger partial charge in [-0.25, -0.2) is 23.4 Å². The van der Waals surface area contributed by atoms with Gasteiger partial charge >= 0.3 is 18.0 Å². The molecule has 2 aromatic rings. The number of ether oxygens (including phenoxy) is 1. The number of fused-ring (bicyclic) bond motifs is 1. The third-order valence-corrected chi connectivity index (χ3v) is 4.59. The number of aldehydes is 1. The van der Waals surface area contributed by atoms with Crippen LogP contribution < -0.4 is 20.9 Å². The van der Waals surface area contributed by atoms with E-state index < -0.39 is 30.7 Å². The quantitative estimate of drug-likeness (QED) is 0.444. The van der Waals surface area contributed by atoms with Crippen molar-refractivity contribution < 1.29 is 27.9 Å². The molecular formula is C19H23F2N7O4. The first-order chi connectivity index (χ1) is 15.1. The lowest BCUT2D eigenvalue weighted by atomic mass is 10.2. The molecule has 0 aromatic carbocycles. The summed E-state index contributed by atoms with van der Waals surface area (Å²) in [5.41, 5.74) is 0.466. The van der Waals surface area contributed by atoms with Crippen LogP contribution in [0.3, 0.4) is 0 Å². The van der Waals surface area contributed by atoms with Crippen LogP contribution in [0.1, 0.15) is 19.5 Å². The summed E-state index contributed by atoms with van der Waals surface area (Å²) in [7, 11) is 1.41. The number of nitrogens with one attached hydrogen (secondary N) is 3. The Morgan fingerprint density at radius 1 is 1.38 bits per heavy atom. The van der Waals surface area contributed by atoms with Crippen molar-refractivity contribution in [1.82, 2.24) is 30.5 Å². The number of carbonyl (C=O) groups excluding carboxylic acids is 3. The summed E-state index contributed by atoms with van der Waals surface area (Å²) < 4.78 is 35.5. The number of aromatic nitrogens is 3. The summed E-state index contributed by atoms with van der Waals surface area (Å²) in [6, 6.07) is 2.13. The van der Waals surface area contributed by atoms with E-state index in [0.29, 0.717) is 11.9 Å². The summed E-state index contributed by atoms with van der Waals surface area (Å²) in [5.74, 6) is -3.10. The van der Waals surface area contributed by atoms with Crippen molar-refractivity contribution in [2.45, 2.75) is 31.9 Å². The molecule has 3 N–H and O–H groups in total. The van der Waals surface area contributed by atoms with Crippen LogP contribution in [0.5, 0.6) is 0 Å². The van der Waals surface area contributed by atoms with Crippen molar-refractivity contribution in [3.05, 3.63) is 30.2 Å².